The second-order valence-electron chi connectivity index (χ2n) is 6.83. The van der Waals surface area contributed by atoms with Crippen LogP contribution >= 0.6 is 0 Å². The molecule has 1 saturated heterocycles. The maximum Gasteiger partial charge on any atom is 0.229 e. The monoisotopic (exact) mass is 334 g/mol. The molecule has 3 N–H and O–H groups in total. The van der Waals surface area contributed by atoms with Crippen LogP contribution in [0.25, 0.3) is 0 Å². The van der Waals surface area contributed by atoms with Gasteiger partial charge in [0.1, 0.15) is 5.82 Å². The number of rotatable bonds is 4. The van der Waals surface area contributed by atoms with E-state index in [1.54, 1.807) is 19.1 Å². The lowest BCUT2D eigenvalue weighted by Crippen LogP contribution is -2.47. The number of aliphatic imine (C=N–C) groups is 1. The van der Waals surface area contributed by atoms with Gasteiger partial charge in [-0.15, -0.1) is 0 Å². The van der Waals surface area contributed by atoms with Gasteiger partial charge in [-0.1, -0.05) is 19.9 Å². The van der Waals surface area contributed by atoms with Crippen LogP contribution in [0.5, 0.6) is 0 Å². The fraction of sp³-hybridized carbons (Fsp3) is 0.556. The standard InChI is InChI=1S/C18H27FN4O/c1-12(2)10-21-18(20)23-8-4-5-14(11-23)17(24)22-15-7-6-13(3)16(19)9-15/h6-7,9,12,14H,4-5,8,10-11H2,1-3H3,(H2,20,21)(H,22,24)/t14-/m0/s1. The first kappa shape index (κ1) is 18.2. The van der Waals surface area contributed by atoms with E-state index in [9.17, 15) is 9.18 Å². The minimum Gasteiger partial charge on any atom is -0.370 e. The van der Waals surface area contributed by atoms with Gasteiger partial charge in [0.05, 0.1) is 5.92 Å². The summed E-state index contributed by atoms with van der Waals surface area (Å²) >= 11 is 0. The van der Waals surface area contributed by atoms with E-state index in [0.29, 0.717) is 36.2 Å². The molecule has 0 saturated carbocycles. The van der Waals surface area contributed by atoms with E-state index in [2.05, 4.69) is 24.2 Å². The number of carbonyl (C=O) groups is 1. The van der Waals surface area contributed by atoms with Crippen molar-refractivity contribution in [3.8, 4) is 0 Å². The number of likely N-dealkylation sites (tertiary alicyclic amines) is 1. The Morgan fingerprint density at radius 2 is 2.25 bits per heavy atom. The van der Waals surface area contributed by atoms with Crippen molar-refractivity contribution in [3.05, 3.63) is 29.6 Å². The summed E-state index contributed by atoms with van der Waals surface area (Å²) < 4.78 is 13.6. The normalized spacial score (nSPS) is 18.8. The molecule has 1 aromatic rings. The zero-order chi connectivity index (χ0) is 17.7. The van der Waals surface area contributed by atoms with Crippen molar-refractivity contribution in [3.63, 3.8) is 0 Å². The van der Waals surface area contributed by atoms with Crippen LogP contribution in [0, 0.1) is 24.6 Å². The predicted octanol–water partition coefficient (Wildman–Crippen LogP) is 2.76. The number of hydrogen-bond donors (Lipinski definition) is 2. The van der Waals surface area contributed by atoms with Crippen LogP contribution in [0.3, 0.4) is 0 Å². The summed E-state index contributed by atoms with van der Waals surface area (Å²) in [5, 5.41) is 2.80. The van der Waals surface area contributed by atoms with Crippen LogP contribution in [0.1, 0.15) is 32.3 Å². The SMILES string of the molecule is Cc1ccc(NC(=O)[C@H]2CCCN(C(N)=NCC(C)C)C2)cc1F. The summed E-state index contributed by atoms with van der Waals surface area (Å²) in [4.78, 5) is 18.8. The number of guanidine groups is 1. The third-order valence-electron chi connectivity index (χ3n) is 4.17. The van der Waals surface area contributed by atoms with Gasteiger partial charge >= 0.3 is 0 Å². The van der Waals surface area contributed by atoms with Gasteiger partial charge in [-0.3, -0.25) is 9.79 Å². The van der Waals surface area contributed by atoms with E-state index < -0.39 is 0 Å². The zero-order valence-corrected chi connectivity index (χ0v) is 14.7. The number of nitrogens with zero attached hydrogens (tertiary/aromatic N) is 2. The maximum absolute atomic E-state index is 13.6. The number of carbonyl (C=O) groups excluding carboxylic acids is 1. The Morgan fingerprint density at radius 1 is 1.50 bits per heavy atom. The molecule has 1 aromatic carbocycles. The molecule has 0 radical (unpaired) electrons. The predicted molar refractivity (Wildman–Crippen MR) is 95.4 cm³/mol. The van der Waals surface area contributed by atoms with Crippen LogP contribution in [0.2, 0.25) is 0 Å². The van der Waals surface area contributed by atoms with Gasteiger partial charge in [-0.05, 0) is 43.4 Å². The fourth-order valence-electron chi connectivity index (χ4n) is 2.69. The number of nitrogens with one attached hydrogen (secondary N) is 1. The number of aryl methyl sites for hydroxylation is 1. The summed E-state index contributed by atoms with van der Waals surface area (Å²) in [6, 6.07) is 4.73. The molecular weight excluding hydrogens is 307 g/mol. The number of hydrogen-bond acceptors (Lipinski definition) is 2. The fourth-order valence-corrected chi connectivity index (χ4v) is 2.69. The van der Waals surface area contributed by atoms with E-state index >= 15 is 0 Å². The third-order valence-corrected chi connectivity index (χ3v) is 4.17. The lowest BCUT2D eigenvalue weighted by molar-refractivity contribution is -0.121. The van der Waals surface area contributed by atoms with Crippen molar-refractivity contribution >= 4 is 17.6 Å². The van der Waals surface area contributed by atoms with E-state index in [1.807, 2.05) is 4.90 Å². The second-order valence-corrected chi connectivity index (χ2v) is 6.83. The molecule has 5 nitrogen and oxygen atoms in total. The topological polar surface area (TPSA) is 70.7 Å². The highest BCUT2D eigenvalue weighted by molar-refractivity contribution is 5.93. The number of amides is 1. The van der Waals surface area contributed by atoms with Crippen LogP contribution in [-0.4, -0.2) is 36.4 Å². The zero-order valence-electron chi connectivity index (χ0n) is 14.7. The Hall–Kier alpha value is -2.11. The molecule has 1 aliphatic rings. The quantitative estimate of drug-likeness (QED) is 0.657. The van der Waals surface area contributed by atoms with Crippen molar-refractivity contribution in [2.75, 3.05) is 25.0 Å². The van der Waals surface area contributed by atoms with Crippen LogP contribution in [-0.2, 0) is 4.79 Å². The summed E-state index contributed by atoms with van der Waals surface area (Å²) in [6.45, 7) is 7.92. The van der Waals surface area contributed by atoms with Crippen molar-refractivity contribution in [2.45, 2.75) is 33.6 Å². The van der Waals surface area contributed by atoms with Gasteiger partial charge in [-0.25, -0.2) is 4.39 Å². The molecule has 0 aliphatic carbocycles. The molecule has 1 amide bonds. The molecule has 0 bridgehead atoms. The highest BCUT2D eigenvalue weighted by Crippen LogP contribution is 2.20. The van der Waals surface area contributed by atoms with Crippen LogP contribution in [0.4, 0.5) is 10.1 Å². The molecule has 1 aliphatic heterocycles. The molecule has 0 spiro atoms. The number of benzene rings is 1. The van der Waals surface area contributed by atoms with Gasteiger partial charge in [-0.2, -0.15) is 0 Å². The first-order valence-corrected chi connectivity index (χ1v) is 8.48. The van der Waals surface area contributed by atoms with Crippen molar-refractivity contribution in [1.82, 2.24) is 4.90 Å². The van der Waals surface area contributed by atoms with E-state index in [0.717, 1.165) is 19.4 Å². The lowest BCUT2D eigenvalue weighted by atomic mass is 9.97. The Kier molecular flexibility index (Phi) is 6.17. The molecule has 1 atom stereocenters. The number of piperidine rings is 1. The molecule has 1 heterocycles. The molecule has 2 rings (SSSR count). The maximum atomic E-state index is 13.6. The lowest BCUT2D eigenvalue weighted by Gasteiger charge is -2.32. The molecule has 0 aromatic heterocycles. The molecular formula is C18H27FN4O. The Morgan fingerprint density at radius 3 is 2.92 bits per heavy atom. The molecule has 0 unspecified atom stereocenters. The summed E-state index contributed by atoms with van der Waals surface area (Å²) in [5.41, 5.74) is 7.09. The molecule has 6 heteroatoms. The average molecular weight is 334 g/mol. The number of anilines is 1. The van der Waals surface area contributed by atoms with Gasteiger partial charge in [0.25, 0.3) is 0 Å². The minimum atomic E-state index is -0.317. The Bertz CT molecular complexity index is 615. The van der Waals surface area contributed by atoms with Crippen LogP contribution in [0.15, 0.2) is 23.2 Å². The van der Waals surface area contributed by atoms with Gasteiger partial charge < -0.3 is 16.0 Å². The highest BCUT2D eigenvalue weighted by Gasteiger charge is 2.27. The van der Waals surface area contributed by atoms with Gasteiger partial charge in [0.15, 0.2) is 5.96 Å². The number of nitrogens with two attached hydrogens (primary N) is 1. The van der Waals surface area contributed by atoms with E-state index in [1.165, 1.54) is 6.07 Å². The van der Waals surface area contributed by atoms with E-state index in [4.69, 9.17) is 5.73 Å². The second kappa shape index (κ2) is 8.13. The summed E-state index contributed by atoms with van der Waals surface area (Å²) in [6.07, 6.45) is 1.69. The van der Waals surface area contributed by atoms with Crippen molar-refractivity contribution in [2.24, 2.45) is 22.6 Å². The minimum absolute atomic E-state index is 0.0976. The largest absolute Gasteiger partial charge is 0.370 e. The third kappa shape index (κ3) is 4.94. The summed E-state index contributed by atoms with van der Waals surface area (Å²) in [5.74, 6) is 0.366. The molecule has 1 fully saturated rings. The number of halogens is 1. The van der Waals surface area contributed by atoms with Crippen molar-refractivity contribution < 1.29 is 9.18 Å². The summed E-state index contributed by atoms with van der Waals surface area (Å²) in [7, 11) is 0. The van der Waals surface area contributed by atoms with Crippen LogP contribution < -0.4 is 11.1 Å². The Labute approximate surface area is 143 Å². The Balaban J connectivity index is 1.96. The first-order chi connectivity index (χ1) is 11.4. The molecule has 132 valence electrons. The highest BCUT2D eigenvalue weighted by atomic mass is 19.1. The average Bonchev–Trinajstić information content (AvgIpc) is 2.56. The van der Waals surface area contributed by atoms with Gasteiger partial charge in [0.2, 0.25) is 5.91 Å². The van der Waals surface area contributed by atoms with Gasteiger partial charge in [0, 0.05) is 25.3 Å². The molecule has 24 heavy (non-hydrogen) atoms. The van der Waals surface area contributed by atoms with Crippen molar-refractivity contribution in [1.29, 1.82) is 0 Å². The smallest absolute Gasteiger partial charge is 0.229 e. The first-order valence-electron chi connectivity index (χ1n) is 8.48. The van der Waals surface area contributed by atoms with E-state index in [-0.39, 0.29) is 17.6 Å².